The molecule has 1 fully saturated rings. The van der Waals surface area contributed by atoms with Crippen molar-refractivity contribution in [3.05, 3.63) is 0 Å². The van der Waals surface area contributed by atoms with E-state index < -0.39 is 0 Å². The van der Waals surface area contributed by atoms with Crippen molar-refractivity contribution < 1.29 is 0 Å². The van der Waals surface area contributed by atoms with Crippen LogP contribution in [-0.2, 0) is 0 Å². The molecule has 1 saturated heterocycles. The number of rotatable bonds is 4. The van der Waals surface area contributed by atoms with Crippen LogP contribution in [0.2, 0.25) is 0 Å². The first kappa shape index (κ1) is 11.0. The van der Waals surface area contributed by atoms with Gasteiger partial charge in [-0.15, -0.1) is 0 Å². The summed E-state index contributed by atoms with van der Waals surface area (Å²) in [5, 5.41) is 2.40. The van der Waals surface area contributed by atoms with E-state index in [2.05, 4.69) is 31.2 Å². The normalized spacial score (nSPS) is 22.2. The molecule has 0 amide bonds. The molecule has 1 N–H and O–H groups in total. The van der Waals surface area contributed by atoms with Crippen molar-refractivity contribution >= 4 is 0 Å². The fraction of sp³-hybridized carbons (Fsp3) is 1.00. The van der Waals surface area contributed by atoms with Crippen molar-refractivity contribution in [3.8, 4) is 0 Å². The molecule has 2 heteroatoms. The Labute approximate surface area is 82.7 Å². The lowest BCUT2D eigenvalue weighted by atomic mass is 10.1. The van der Waals surface area contributed by atoms with E-state index in [-0.39, 0.29) is 0 Å². The van der Waals surface area contributed by atoms with Gasteiger partial charge in [0.15, 0.2) is 0 Å². The minimum absolute atomic E-state index is 0.637. The van der Waals surface area contributed by atoms with Gasteiger partial charge in [0.1, 0.15) is 0 Å². The van der Waals surface area contributed by atoms with E-state index in [9.17, 15) is 0 Å². The van der Waals surface area contributed by atoms with Crippen molar-refractivity contribution in [1.82, 2.24) is 10.4 Å². The minimum atomic E-state index is 0.637. The standard InChI is InChI=1S/C11H24N2/c1-10(2)9-11(3)12-13-7-5-4-6-8-13/h10-12H,4-9H2,1-3H3. The lowest BCUT2D eigenvalue weighted by molar-refractivity contribution is 0.126. The van der Waals surface area contributed by atoms with Gasteiger partial charge in [-0.05, 0) is 32.1 Å². The van der Waals surface area contributed by atoms with Crippen LogP contribution >= 0.6 is 0 Å². The minimum Gasteiger partial charge on any atom is -0.252 e. The molecule has 0 aromatic rings. The Morgan fingerprint density at radius 2 is 1.69 bits per heavy atom. The van der Waals surface area contributed by atoms with E-state index in [1.165, 1.54) is 38.8 Å². The highest BCUT2D eigenvalue weighted by molar-refractivity contribution is 4.65. The van der Waals surface area contributed by atoms with Crippen LogP contribution in [0, 0.1) is 5.92 Å². The second-order valence-corrected chi connectivity index (χ2v) is 4.71. The fourth-order valence-electron chi connectivity index (χ4n) is 2.09. The number of piperidine rings is 1. The zero-order valence-electron chi connectivity index (χ0n) is 9.34. The first-order valence-electron chi connectivity index (χ1n) is 5.69. The monoisotopic (exact) mass is 184 g/mol. The second kappa shape index (κ2) is 5.61. The number of nitrogens with one attached hydrogen (secondary N) is 1. The van der Waals surface area contributed by atoms with Crippen molar-refractivity contribution in [1.29, 1.82) is 0 Å². The quantitative estimate of drug-likeness (QED) is 0.722. The van der Waals surface area contributed by atoms with Gasteiger partial charge in [-0.25, -0.2) is 5.01 Å². The van der Waals surface area contributed by atoms with Crippen LogP contribution in [0.25, 0.3) is 0 Å². The summed E-state index contributed by atoms with van der Waals surface area (Å²) < 4.78 is 0. The lowest BCUT2D eigenvalue weighted by Crippen LogP contribution is -2.46. The molecule has 1 atom stereocenters. The Morgan fingerprint density at radius 3 is 2.23 bits per heavy atom. The van der Waals surface area contributed by atoms with E-state index >= 15 is 0 Å². The van der Waals surface area contributed by atoms with Gasteiger partial charge in [0.2, 0.25) is 0 Å². The summed E-state index contributed by atoms with van der Waals surface area (Å²) >= 11 is 0. The Kier molecular flexibility index (Phi) is 4.74. The van der Waals surface area contributed by atoms with Crippen LogP contribution in [0.3, 0.4) is 0 Å². The Balaban J connectivity index is 2.14. The first-order valence-corrected chi connectivity index (χ1v) is 5.69. The summed E-state index contributed by atoms with van der Waals surface area (Å²) in [6.45, 7) is 9.34. The third kappa shape index (κ3) is 4.63. The third-order valence-electron chi connectivity index (χ3n) is 2.58. The molecular weight excluding hydrogens is 160 g/mol. The molecule has 0 spiro atoms. The number of hydrogen-bond donors (Lipinski definition) is 1. The third-order valence-corrected chi connectivity index (χ3v) is 2.58. The second-order valence-electron chi connectivity index (χ2n) is 4.71. The molecule has 1 aliphatic heterocycles. The molecule has 1 rings (SSSR count). The van der Waals surface area contributed by atoms with E-state index in [1.807, 2.05) is 0 Å². The van der Waals surface area contributed by atoms with Gasteiger partial charge >= 0.3 is 0 Å². The van der Waals surface area contributed by atoms with Gasteiger partial charge in [0, 0.05) is 19.1 Å². The zero-order chi connectivity index (χ0) is 9.68. The fourth-order valence-corrected chi connectivity index (χ4v) is 2.09. The van der Waals surface area contributed by atoms with E-state index in [0.717, 1.165) is 5.92 Å². The molecule has 0 aromatic heterocycles. The predicted molar refractivity (Wildman–Crippen MR) is 57.5 cm³/mol. The van der Waals surface area contributed by atoms with Crippen molar-refractivity contribution in [2.45, 2.75) is 52.5 Å². The average molecular weight is 184 g/mol. The number of hydrogen-bond acceptors (Lipinski definition) is 2. The highest BCUT2D eigenvalue weighted by atomic mass is 15.5. The summed E-state index contributed by atoms with van der Waals surface area (Å²) in [5.41, 5.74) is 3.58. The Hall–Kier alpha value is -0.0800. The predicted octanol–water partition coefficient (Wildman–Crippen LogP) is 2.41. The molecule has 1 heterocycles. The highest BCUT2D eigenvalue weighted by Gasteiger charge is 2.12. The smallest absolute Gasteiger partial charge is 0.0189 e. The summed E-state index contributed by atoms with van der Waals surface area (Å²) in [5.74, 6) is 0.798. The van der Waals surface area contributed by atoms with Crippen LogP contribution in [0.5, 0.6) is 0 Å². The van der Waals surface area contributed by atoms with E-state index in [0.29, 0.717) is 6.04 Å². The molecule has 1 unspecified atom stereocenters. The molecule has 0 aromatic carbocycles. The molecule has 1 aliphatic rings. The van der Waals surface area contributed by atoms with Gasteiger partial charge in [-0.2, -0.15) is 0 Å². The zero-order valence-corrected chi connectivity index (χ0v) is 9.34. The molecule has 2 nitrogen and oxygen atoms in total. The van der Waals surface area contributed by atoms with Crippen LogP contribution in [0.1, 0.15) is 46.5 Å². The maximum absolute atomic E-state index is 3.58. The Bertz CT molecular complexity index is 128. The summed E-state index contributed by atoms with van der Waals surface area (Å²) in [4.78, 5) is 0. The number of nitrogens with zero attached hydrogens (tertiary/aromatic N) is 1. The largest absolute Gasteiger partial charge is 0.252 e. The van der Waals surface area contributed by atoms with Crippen molar-refractivity contribution in [2.24, 2.45) is 5.92 Å². The summed E-state index contributed by atoms with van der Waals surface area (Å²) in [6, 6.07) is 0.637. The molecule has 0 radical (unpaired) electrons. The molecule has 0 aliphatic carbocycles. The van der Waals surface area contributed by atoms with Crippen LogP contribution < -0.4 is 5.43 Å². The first-order chi connectivity index (χ1) is 6.18. The lowest BCUT2D eigenvalue weighted by Gasteiger charge is -2.30. The summed E-state index contributed by atoms with van der Waals surface area (Å²) in [7, 11) is 0. The van der Waals surface area contributed by atoms with E-state index in [4.69, 9.17) is 0 Å². The maximum atomic E-state index is 3.58. The molecule has 0 saturated carbocycles. The van der Waals surface area contributed by atoms with Gasteiger partial charge in [-0.1, -0.05) is 20.3 Å². The Morgan fingerprint density at radius 1 is 1.08 bits per heavy atom. The van der Waals surface area contributed by atoms with Gasteiger partial charge in [0.25, 0.3) is 0 Å². The van der Waals surface area contributed by atoms with Crippen LogP contribution in [0.15, 0.2) is 0 Å². The van der Waals surface area contributed by atoms with Gasteiger partial charge in [0.05, 0.1) is 0 Å². The van der Waals surface area contributed by atoms with Crippen LogP contribution in [0.4, 0.5) is 0 Å². The molecule has 0 bridgehead atoms. The topological polar surface area (TPSA) is 15.3 Å². The highest BCUT2D eigenvalue weighted by Crippen LogP contribution is 2.09. The van der Waals surface area contributed by atoms with Crippen LogP contribution in [-0.4, -0.2) is 24.1 Å². The SMILES string of the molecule is CC(C)CC(C)NN1CCCCC1. The summed E-state index contributed by atoms with van der Waals surface area (Å²) in [6.07, 6.45) is 5.41. The van der Waals surface area contributed by atoms with Crippen molar-refractivity contribution in [3.63, 3.8) is 0 Å². The molecular formula is C11H24N2. The van der Waals surface area contributed by atoms with Crippen molar-refractivity contribution in [2.75, 3.05) is 13.1 Å². The number of hydrazine groups is 1. The maximum Gasteiger partial charge on any atom is 0.0189 e. The molecule has 78 valence electrons. The average Bonchev–Trinajstić information content (AvgIpc) is 2.04. The van der Waals surface area contributed by atoms with Gasteiger partial charge in [-0.3, -0.25) is 5.43 Å². The molecule has 13 heavy (non-hydrogen) atoms. The van der Waals surface area contributed by atoms with E-state index in [1.54, 1.807) is 0 Å². The van der Waals surface area contributed by atoms with Gasteiger partial charge < -0.3 is 0 Å².